The molecule has 0 amide bonds. The predicted molar refractivity (Wildman–Crippen MR) is 516 cm³/mol. The Balaban J connectivity index is 0.000000656. The van der Waals surface area contributed by atoms with Crippen LogP contribution in [0.25, 0.3) is 115 Å². The zero-order chi connectivity index (χ0) is 90.0. The molecule has 0 aliphatic carbocycles. The molecule has 0 spiro atoms. The van der Waals surface area contributed by atoms with Gasteiger partial charge in [0.05, 0.1) is 69.1 Å². The van der Waals surface area contributed by atoms with Gasteiger partial charge in [0.25, 0.3) is 19.4 Å². The fourth-order valence-corrected chi connectivity index (χ4v) is 15.3. The first-order valence-corrected chi connectivity index (χ1v) is 44.5. The van der Waals surface area contributed by atoms with Crippen molar-refractivity contribution < 1.29 is 82.2 Å². The number of benzene rings is 1. The largest absolute Gasteiger partial charge is 3.00 e. The molecule has 22 nitrogen and oxygen atoms in total. The van der Waals surface area contributed by atoms with Crippen molar-refractivity contribution in [2.75, 3.05) is 6.61 Å². The molecule has 0 saturated heterocycles. The second kappa shape index (κ2) is 70.7. The van der Waals surface area contributed by atoms with Crippen molar-refractivity contribution in [2.24, 2.45) is 0 Å². The number of carboxylic acid groups (broad SMARTS) is 1. The van der Waals surface area contributed by atoms with Crippen molar-refractivity contribution >= 4 is 124 Å². The van der Waals surface area contributed by atoms with Gasteiger partial charge < -0.3 is 51.1 Å². The average molecular weight is 1980 g/mol. The molecule has 1 N–H and O–H groups in total. The van der Waals surface area contributed by atoms with E-state index in [4.69, 9.17) is 60.9 Å². The number of isothiocyanates is 4. The minimum atomic E-state index is -1.06. The number of carbonyl (C=O) groups excluding carboxylic acids is 3. The molecule has 1 aromatic carbocycles. The number of aryl methyl sites for hydroxylation is 3. The van der Waals surface area contributed by atoms with Gasteiger partial charge in [0, 0.05) is 98.1 Å². The number of aromatic carboxylic acids is 1. The van der Waals surface area contributed by atoms with Gasteiger partial charge in [-0.15, -0.1) is 22.7 Å². The molecule has 11 aromatic rings. The molecule has 0 aliphatic rings. The summed E-state index contributed by atoms with van der Waals surface area (Å²) < 4.78 is 21.7. The summed E-state index contributed by atoms with van der Waals surface area (Å²) in [4.78, 5) is 85.5. The van der Waals surface area contributed by atoms with Crippen LogP contribution in [0.2, 0.25) is 0 Å². The zero-order valence-electron chi connectivity index (χ0n) is 71.3. The third-order valence-corrected chi connectivity index (χ3v) is 21.3. The van der Waals surface area contributed by atoms with Crippen LogP contribution in [0.4, 0.5) is 0 Å². The van der Waals surface area contributed by atoms with Gasteiger partial charge in [0.15, 0.2) is 0 Å². The summed E-state index contributed by atoms with van der Waals surface area (Å²) in [6.45, 7) is 14.2. The average Bonchev–Trinajstić information content (AvgIpc) is 1.62. The summed E-state index contributed by atoms with van der Waals surface area (Å²) in [6.07, 6.45) is 46.6. The Morgan fingerprint density at radius 3 is 1.32 bits per heavy atom. The van der Waals surface area contributed by atoms with E-state index in [2.05, 4.69) is 145 Å². The van der Waals surface area contributed by atoms with Crippen LogP contribution in [0.15, 0.2) is 183 Å². The van der Waals surface area contributed by atoms with Crippen LogP contribution in [-0.4, -0.2) is 104 Å². The number of aromatic nitrogens is 8. The van der Waals surface area contributed by atoms with Gasteiger partial charge in [-0.05, 0) is 147 Å². The maximum Gasteiger partial charge on any atom is 3.00 e. The summed E-state index contributed by atoms with van der Waals surface area (Å²) in [5, 5.41) is 49.8. The fraction of sp³-hybridized carbons (Fsp3) is 0.344. The molecule has 2 radical (unpaired) electrons. The molecule has 0 fully saturated rings. The maximum absolute atomic E-state index is 11.5. The molecule has 10 heterocycles. The monoisotopic (exact) mass is 1980 g/mol. The van der Waals surface area contributed by atoms with Crippen LogP contribution >= 0.6 is 71.5 Å². The third-order valence-electron chi connectivity index (χ3n) is 18.9. The Kier molecular flexibility index (Phi) is 62.6. The minimum Gasteiger partial charge on any atom is -0.753 e. The first-order valence-electron chi connectivity index (χ1n) is 41.3. The zero-order valence-corrected chi connectivity index (χ0v) is 79.7. The van der Waals surface area contributed by atoms with Crippen LogP contribution in [0, 0.1) is 6.92 Å². The van der Waals surface area contributed by atoms with Crippen LogP contribution in [0.1, 0.15) is 214 Å². The second-order valence-corrected chi connectivity index (χ2v) is 30.7. The van der Waals surface area contributed by atoms with E-state index in [-0.39, 0.29) is 50.3 Å². The first kappa shape index (κ1) is 112. The molecule has 0 aliphatic heterocycles. The van der Waals surface area contributed by atoms with Gasteiger partial charge in [-0.1, -0.05) is 242 Å². The van der Waals surface area contributed by atoms with Crippen molar-refractivity contribution in [3.05, 3.63) is 231 Å². The molecule has 0 bridgehead atoms. The summed E-state index contributed by atoms with van der Waals surface area (Å²) in [5.74, 6) is 0.775. The number of carbonyl (C=O) groups is 4. The van der Waals surface area contributed by atoms with Crippen molar-refractivity contribution in [1.82, 2.24) is 39.9 Å². The number of hydrogen-bond donors (Lipinski definition) is 1. The van der Waals surface area contributed by atoms with E-state index in [9.17, 15) is 24.3 Å². The number of thiophene rings is 2. The molecule has 30 heteroatoms. The predicted octanol–water partition coefficient (Wildman–Crippen LogP) is 26.7. The summed E-state index contributed by atoms with van der Waals surface area (Å²) in [5.41, 5.74) is 11.5. The standard InChI is InChI=1S/C41H53N3O4S.C40H43N3O5S.C10H8N2.4CNS.CHN.2Ru/c1-2-3-4-5-6-7-8-9-10-11-12-13-14-15-16-17-18-19-20-35-21-22-40(49-35)32-23-25-42-36(27-32)38-29-34(48-31-45)30-39(44-38)37-28-33(41(46)47)24-26-43-37;1-4-6-8-10-14-29-21-38(49-40(29)39-28(3)13-12-15-37(39)46-20-11-9-7-5-2)30-16-17-33(42-25-30)35-23-32(48-27-45)24-36(43-35)34-22-31(47-26-44)18-19-41-34;1-3-7-11-9(5-1)10-6-2-4-8-12-10;4*2-1-3;1-2;;/h21-31H,2-20H2,1H3,(H,46,47);12-13,15-19,21-27H,4-11,14,20H2,1-3H3;1-8H;;;;;1H;;/q;;;4*-1;;+1;+3. The number of nitrogens with zero attached hydrogens (tertiary/aromatic N) is 13. The molecule has 0 atom stereocenters. The molecule has 0 unspecified atom stereocenters. The molecule has 0 saturated carbocycles. The number of carboxylic acids is 1. The van der Waals surface area contributed by atoms with Crippen molar-refractivity contribution in [2.45, 2.75) is 207 Å². The van der Waals surface area contributed by atoms with E-state index >= 15 is 0 Å². The van der Waals surface area contributed by atoms with E-state index in [1.807, 2.05) is 78.2 Å². The molecule has 660 valence electrons. The van der Waals surface area contributed by atoms with Crippen molar-refractivity contribution in [3.8, 4) is 111 Å². The number of rotatable bonds is 45. The Bertz CT molecular complexity index is 4980. The Morgan fingerprint density at radius 2 is 0.841 bits per heavy atom. The second-order valence-electron chi connectivity index (χ2n) is 27.7. The van der Waals surface area contributed by atoms with Crippen LogP contribution < -0.4 is 18.9 Å². The van der Waals surface area contributed by atoms with Crippen LogP contribution in [-0.2, 0) is 66.2 Å². The van der Waals surface area contributed by atoms with Gasteiger partial charge in [-0.3, -0.25) is 44.3 Å². The smallest absolute Gasteiger partial charge is 0.753 e. The Hall–Kier alpha value is -10.5. The summed E-state index contributed by atoms with van der Waals surface area (Å²) >= 11 is 18.4. The molecular weight excluding hydrogens is 1870 g/mol. The van der Waals surface area contributed by atoms with Crippen molar-refractivity contribution in [3.63, 3.8) is 0 Å². The van der Waals surface area contributed by atoms with Gasteiger partial charge in [0.1, 0.15) is 29.7 Å². The summed E-state index contributed by atoms with van der Waals surface area (Å²) in [7, 11) is 0. The number of thiocarbonyl (C=S) groups is 4. The first-order chi connectivity index (χ1) is 60.7. The van der Waals surface area contributed by atoms with Gasteiger partial charge in [0.2, 0.25) is 0 Å². The van der Waals surface area contributed by atoms with E-state index in [1.165, 1.54) is 226 Å². The SMILES string of the molecule is CCCCCCCCCCCCCCCCCCCCc1ccc(-c2ccnc(-c3cc(OC=O)cc(-c4cc(C(=O)O)ccn4)n3)c2)s1.CCCCCCOc1cccc(C)c1-c1sc(-c2ccc(-c3cc(OC=O)cc(-c4cc(OC=O)ccn4)n3)nc2)cc1CCCCCC.[CH+]=[N-].[N-]=C=S.[N-]=C=S.[N-]=C=S.[N-]=C=S.[Ru+3].[Ru+].c1ccc(-c2ccccn2)nc1. The number of unbranched alkanes of at least 4 members (excludes halogenated alkanes) is 23. The van der Waals surface area contributed by atoms with Crippen molar-refractivity contribution in [1.29, 1.82) is 0 Å². The maximum atomic E-state index is 11.5. The topological polar surface area (TPSA) is 340 Å². The van der Waals surface area contributed by atoms with E-state index in [0.717, 1.165) is 70.3 Å². The number of hydrogen-bond acceptors (Lipinski definition) is 22. The summed E-state index contributed by atoms with van der Waals surface area (Å²) in [6, 6.07) is 45.1. The molecule has 11 rings (SSSR count). The van der Waals surface area contributed by atoms with Gasteiger partial charge in [-0.25, -0.2) is 14.8 Å². The Morgan fingerprint density at radius 1 is 0.421 bits per heavy atom. The van der Waals surface area contributed by atoms with E-state index < -0.39 is 5.97 Å². The molecule has 126 heavy (non-hydrogen) atoms. The quantitative estimate of drug-likeness (QED) is 0.00925. The normalized spacial score (nSPS) is 9.77. The number of ether oxygens (including phenoxy) is 4. The van der Waals surface area contributed by atoms with E-state index in [0.29, 0.717) is 76.5 Å². The molecule has 10 aromatic heterocycles. The Labute approximate surface area is 796 Å². The van der Waals surface area contributed by atoms with Crippen LogP contribution in [0.5, 0.6) is 23.0 Å². The van der Waals surface area contributed by atoms with Gasteiger partial charge >= 0.3 is 44.9 Å². The van der Waals surface area contributed by atoms with Gasteiger partial charge in [-0.2, -0.15) is 20.6 Å². The fourth-order valence-electron chi connectivity index (χ4n) is 13.0. The third kappa shape index (κ3) is 43.1. The van der Waals surface area contributed by atoms with Crippen LogP contribution in [0.3, 0.4) is 0 Å². The minimum absolute atomic E-state index is 0. The van der Waals surface area contributed by atoms with E-state index in [1.54, 1.807) is 66.3 Å². The number of pyridine rings is 8. The molecular formula is C96H105N13O9Ru2S6.